The predicted octanol–water partition coefficient (Wildman–Crippen LogP) is 4.56. The topological polar surface area (TPSA) is 58.2 Å². The second kappa shape index (κ2) is 7.45. The molecule has 0 heterocycles. The van der Waals surface area contributed by atoms with Gasteiger partial charge in [-0.25, -0.2) is 0 Å². The molecule has 0 aliphatic heterocycles. The second-order valence-corrected chi connectivity index (χ2v) is 5.66. The Labute approximate surface area is 146 Å². The Kier molecular flexibility index (Phi) is 4.90. The van der Waals surface area contributed by atoms with Crippen molar-refractivity contribution in [1.29, 1.82) is 0 Å². The van der Waals surface area contributed by atoms with E-state index in [2.05, 4.69) is 10.6 Å². The molecule has 0 fully saturated rings. The molecular weight excluding hydrogens is 312 g/mol. The van der Waals surface area contributed by atoms with E-state index in [9.17, 15) is 9.59 Å². The lowest BCUT2D eigenvalue weighted by atomic mass is 10.1. The van der Waals surface area contributed by atoms with Gasteiger partial charge >= 0.3 is 0 Å². The van der Waals surface area contributed by atoms with Gasteiger partial charge in [0.15, 0.2) is 0 Å². The molecule has 0 radical (unpaired) electrons. The van der Waals surface area contributed by atoms with Crippen LogP contribution in [-0.4, -0.2) is 11.8 Å². The van der Waals surface area contributed by atoms with Gasteiger partial charge in [-0.3, -0.25) is 9.59 Å². The van der Waals surface area contributed by atoms with Crippen LogP contribution in [0.3, 0.4) is 0 Å². The molecule has 0 aromatic heterocycles. The number of hydrogen-bond acceptors (Lipinski definition) is 2. The van der Waals surface area contributed by atoms with Gasteiger partial charge in [0, 0.05) is 23.9 Å². The maximum absolute atomic E-state index is 12.4. The van der Waals surface area contributed by atoms with Crippen LogP contribution >= 0.6 is 0 Å². The Morgan fingerprint density at radius 3 is 2.04 bits per heavy atom. The zero-order valence-corrected chi connectivity index (χ0v) is 13.8. The van der Waals surface area contributed by atoms with Crippen LogP contribution in [0.4, 0.5) is 11.4 Å². The SMILES string of the molecule is CC(=O)Nc1cccc(C(=O)Nc2ccc(-c3ccccc3)cc2)c1. The number of amides is 2. The van der Waals surface area contributed by atoms with Crippen LogP contribution in [0, 0.1) is 0 Å². The monoisotopic (exact) mass is 330 g/mol. The average molecular weight is 330 g/mol. The molecule has 2 N–H and O–H groups in total. The molecule has 4 nitrogen and oxygen atoms in total. The fourth-order valence-electron chi connectivity index (χ4n) is 2.52. The minimum Gasteiger partial charge on any atom is -0.326 e. The van der Waals surface area contributed by atoms with Gasteiger partial charge in [0.2, 0.25) is 5.91 Å². The molecule has 0 unspecified atom stereocenters. The van der Waals surface area contributed by atoms with Gasteiger partial charge in [-0.05, 0) is 41.5 Å². The number of hydrogen-bond donors (Lipinski definition) is 2. The van der Waals surface area contributed by atoms with Gasteiger partial charge in [-0.2, -0.15) is 0 Å². The fraction of sp³-hybridized carbons (Fsp3) is 0.0476. The highest BCUT2D eigenvalue weighted by atomic mass is 16.2. The van der Waals surface area contributed by atoms with Crippen molar-refractivity contribution >= 4 is 23.2 Å². The number of carbonyl (C=O) groups is 2. The molecule has 0 saturated heterocycles. The first-order valence-electron chi connectivity index (χ1n) is 7.96. The van der Waals surface area contributed by atoms with Crippen molar-refractivity contribution in [1.82, 2.24) is 0 Å². The summed E-state index contributed by atoms with van der Waals surface area (Å²) in [6, 6.07) is 24.6. The summed E-state index contributed by atoms with van der Waals surface area (Å²) in [6.45, 7) is 1.43. The molecule has 2 amide bonds. The summed E-state index contributed by atoms with van der Waals surface area (Å²) in [7, 11) is 0. The van der Waals surface area contributed by atoms with Crippen LogP contribution in [0.2, 0.25) is 0 Å². The second-order valence-electron chi connectivity index (χ2n) is 5.66. The van der Waals surface area contributed by atoms with Gasteiger partial charge in [-0.15, -0.1) is 0 Å². The smallest absolute Gasteiger partial charge is 0.255 e. The standard InChI is InChI=1S/C21H18N2O2/c1-15(24)22-20-9-5-8-18(14-20)21(25)23-19-12-10-17(11-13-19)16-6-3-2-4-7-16/h2-14H,1H3,(H,22,24)(H,23,25). The van der Waals surface area contributed by atoms with Crippen molar-refractivity contribution in [2.75, 3.05) is 10.6 Å². The molecule has 0 bridgehead atoms. The third kappa shape index (κ3) is 4.32. The maximum Gasteiger partial charge on any atom is 0.255 e. The Bertz CT molecular complexity index is 887. The zero-order valence-electron chi connectivity index (χ0n) is 13.8. The van der Waals surface area contributed by atoms with E-state index in [1.165, 1.54) is 6.92 Å². The largest absolute Gasteiger partial charge is 0.326 e. The van der Waals surface area contributed by atoms with Gasteiger partial charge in [0.1, 0.15) is 0 Å². The first-order chi connectivity index (χ1) is 12.1. The highest BCUT2D eigenvalue weighted by Gasteiger charge is 2.07. The Morgan fingerprint density at radius 1 is 0.680 bits per heavy atom. The third-order valence-corrected chi connectivity index (χ3v) is 3.70. The van der Waals surface area contributed by atoms with Crippen LogP contribution in [0.15, 0.2) is 78.9 Å². The van der Waals surface area contributed by atoms with E-state index in [1.807, 2.05) is 54.6 Å². The van der Waals surface area contributed by atoms with Gasteiger partial charge < -0.3 is 10.6 Å². The highest BCUT2D eigenvalue weighted by Crippen LogP contribution is 2.21. The molecule has 0 aliphatic rings. The highest BCUT2D eigenvalue weighted by molar-refractivity contribution is 6.05. The van der Waals surface area contributed by atoms with Crippen molar-refractivity contribution in [3.05, 3.63) is 84.4 Å². The van der Waals surface area contributed by atoms with E-state index in [4.69, 9.17) is 0 Å². The lowest BCUT2D eigenvalue weighted by Gasteiger charge is -2.08. The summed E-state index contributed by atoms with van der Waals surface area (Å²) < 4.78 is 0. The normalized spacial score (nSPS) is 10.1. The zero-order chi connectivity index (χ0) is 17.6. The Morgan fingerprint density at radius 2 is 1.36 bits per heavy atom. The molecule has 4 heteroatoms. The quantitative estimate of drug-likeness (QED) is 0.736. The number of nitrogens with one attached hydrogen (secondary N) is 2. The van der Waals surface area contributed by atoms with Crippen LogP contribution < -0.4 is 10.6 Å². The maximum atomic E-state index is 12.4. The molecule has 3 aromatic carbocycles. The molecule has 0 spiro atoms. The van der Waals surface area contributed by atoms with E-state index in [1.54, 1.807) is 24.3 Å². The summed E-state index contributed by atoms with van der Waals surface area (Å²) in [4.78, 5) is 23.5. The van der Waals surface area contributed by atoms with Gasteiger partial charge in [-0.1, -0.05) is 48.5 Å². The van der Waals surface area contributed by atoms with Crippen molar-refractivity contribution in [2.45, 2.75) is 6.92 Å². The third-order valence-electron chi connectivity index (χ3n) is 3.70. The van der Waals surface area contributed by atoms with Crippen molar-refractivity contribution in [2.24, 2.45) is 0 Å². The molecule has 3 aromatic rings. The van der Waals surface area contributed by atoms with Gasteiger partial charge in [0.25, 0.3) is 5.91 Å². The summed E-state index contributed by atoms with van der Waals surface area (Å²) in [5, 5.41) is 5.54. The lowest BCUT2D eigenvalue weighted by molar-refractivity contribution is -0.114. The lowest BCUT2D eigenvalue weighted by Crippen LogP contribution is -2.13. The van der Waals surface area contributed by atoms with Crippen LogP contribution in [0.5, 0.6) is 0 Å². The molecule has 25 heavy (non-hydrogen) atoms. The van der Waals surface area contributed by atoms with E-state index in [0.717, 1.165) is 16.8 Å². The molecule has 124 valence electrons. The number of rotatable bonds is 4. The predicted molar refractivity (Wildman–Crippen MR) is 101 cm³/mol. The molecule has 0 saturated carbocycles. The summed E-state index contributed by atoms with van der Waals surface area (Å²) in [5.41, 5.74) is 4.02. The fourth-order valence-corrected chi connectivity index (χ4v) is 2.52. The minimum absolute atomic E-state index is 0.172. The summed E-state index contributed by atoms with van der Waals surface area (Å²) in [6.07, 6.45) is 0. The molecule has 0 aliphatic carbocycles. The molecule has 3 rings (SSSR count). The van der Waals surface area contributed by atoms with Crippen LogP contribution in [0.1, 0.15) is 17.3 Å². The molecular formula is C21H18N2O2. The van der Waals surface area contributed by atoms with E-state index >= 15 is 0 Å². The van der Waals surface area contributed by atoms with E-state index < -0.39 is 0 Å². The van der Waals surface area contributed by atoms with Crippen molar-refractivity contribution in [3.63, 3.8) is 0 Å². The van der Waals surface area contributed by atoms with Crippen LogP contribution in [0.25, 0.3) is 11.1 Å². The summed E-state index contributed by atoms with van der Waals surface area (Å²) >= 11 is 0. The van der Waals surface area contributed by atoms with Crippen molar-refractivity contribution in [3.8, 4) is 11.1 Å². The van der Waals surface area contributed by atoms with Gasteiger partial charge in [0.05, 0.1) is 0 Å². The van der Waals surface area contributed by atoms with Crippen molar-refractivity contribution < 1.29 is 9.59 Å². The Balaban J connectivity index is 1.72. The summed E-state index contributed by atoms with van der Waals surface area (Å²) in [5.74, 6) is -0.395. The number of benzene rings is 3. The first kappa shape index (κ1) is 16.5. The minimum atomic E-state index is -0.223. The number of carbonyl (C=O) groups excluding carboxylic acids is 2. The van der Waals surface area contributed by atoms with Crippen LogP contribution in [-0.2, 0) is 4.79 Å². The average Bonchev–Trinajstić information content (AvgIpc) is 2.63. The van der Waals surface area contributed by atoms with E-state index in [-0.39, 0.29) is 11.8 Å². The van der Waals surface area contributed by atoms with E-state index in [0.29, 0.717) is 11.3 Å². The first-order valence-corrected chi connectivity index (χ1v) is 7.96. The molecule has 0 atom stereocenters. The Hall–Kier alpha value is -3.40. The number of anilines is 2.